The summed E-state index contributed by atoms with van der Waals surface area (Å²) < 4.78 is 0. The van der Waals surface area contributed by atoms with Gasteiger partial charge in [0.25, 0.3) is 0 Å². The first kappa shape index (κ1) is 11.0. The van der Waals surface area contributed by atoms with E-state index in [9.17, 15) is 0 Å². The maximum absolute atomic E-state index is 4.64. The zero-order chi connectivity index (χ0) is 11.8. The SMILES string of the molecule is CNC1CCN(c2n[nH]c(C3CC3C)n2)CC1. The van der Waals surface area contributed by atoms with Crippen molar-refractivity contribution >= 4 is 5.95 Å². The molecule has 2 aliphatic rings. The Hall–Kier alpha value is -1.10. The predicted molar refractivity (Wildman–Crippen MR) is 67.2 cm³/mol. The molecule has 2 fully saturated rings. The Kier molecular flexibility index (Phi) is 2.78. The first-order valence-electron chi connectivity index (χ1n) is 6.62. The van der Waals surface area contributed by atoms with Gasteiger partial charge in [0.05, 0.1) is 0 Å². The van der Waals surface area contributed by atoms with Crippen molar-refractivity contribution in [2.24, 2.45) is 5.92 Å². The van der Waals surface area contributed by atoms with Gasteiger partial charge in [-0.05, 0) is 32.2 Å². The van der Waals surface area contributed by atoms with Crippen molar-refractivity contribution < 1.29 is 0 Å². The molecule has 0 spiro atoms. The number of hydrogen-bond donors (Lipinski definition) is 2. The first-order chi connectivity index (χ1) is 8.28. The third-order valence-corrected chi connectivity index (χ3v) is 4.14. The number of piperidine rings is 1. The average molecular weight is 235 g/mol. The molecule has 1 saturated carbocycles. The standard InChI is InChI=1S/C12H21N5/c1-8-7-10(8)11-14-12(16-15-11)17-5-3-9(13-2)4-6-17/h8-10,13H,3-7H2,1-2H3,(H,14,15,16). The lowest BCUT2D eigenvalue weighted by atomic mass is 10.1. The van der Waals surface area contributed by atoms with Crippen LogP contribution in [0.1, 0.15) is 37.9 Å². The average Bonchev–Trinajstić information content (AvgIpc) is 2.92. The van der Waals surface area contributed by atoms with Crippen LogP contribution in [0, 0.1) is 5.92 Å². The monoisotopic (exact) mass is 235 g/mol. The van der Waals surface area contributed by atoms with E-state index in [0.29, 0.717) is 12.0 Å². The molecule has 94 valence electrons. The van der Waals surface area contributed by atoms with Crippen molar-refractivity contribution in [2.45, 2.75) is 38.1 Å². The second kappa shape index (κ2) is 4.29. The van der Waals surface area contributed by atoms with Gasteiger partial charge in [-0.1, -0.05) is 6.92 Å². The summed E-state index contributed by atoms with van der Waals surface area (Å²) >= 11 is 0. The number of H-pyrrole nitrogens is 1. The summed E-state index contributed by atoms with van der Waals surface area (Å²) in [6, 6.07) is 0.660. The van der Waals surface area contributed by atoms with E-state index in [1.165, 1.54) is 19.3 Å². The van der Waals surface area contributed by atoms with Crippen molar-refractivity contribution in [2.75, 3.05) is 25.0 Å². The third kappa shape index (κ3) is 2.16. The molecule has 5 heteroatoms. The van der Waals surface area contributed by atoms with Gasteiger partial charge in [-0.25, -0.2) is 0 Å². The Morgan fingerprint density at radius 1 is 1.35 bits per heavy atom. The molecule has 1 saturated heterocycles. The molecule has 2 N–H and O–H groups in total. The Balaban J connectivity index is 1.63. The fraction of sp³-hybridized carbons (Fsp3) is 0.833. The number of anilines is 1. The second-order valence-electron chi connectivity index (χ2n) is 5.39. The molecule has 0 amide bonds. The fourth-order valence-electron chi connectivity index (χ4n) is 2.64. The van der Waals surface area contributed by atoms with Crippen LogP contribution in [0.2, 0.25) is 0 Å². The topological polar surface area (TPSA) is 56.8 Å². The summed E-state index contributed by atoms with van der Waals surface area (Å²) in [6.07, 6.45) is 3.62. The summed E-state index contributed by atoms with van der Waals surface area (Å²) in [6.45, 7) is 4.39. The van der Waals surface area contributed by atoms with Crippen LogP contribution in [0.25, 0.3) is 0 Å². The van der Waals surface area contributed by atoms with Gasteiger partial charge in [-0.15, -0.1) is 5.10 Å². The highest BCUT2D eigenvalue weighted by Gasteiger charge is 2.37. The van der Waals surface area contributed by atoms with Gasteiger partial charge in [0.1, 0.15) is 5.82 Å². The summed E-state index contributed by atoms with van der Waals surface area (Å²) in [7, 11) is 2.04. The molecule has 0 aromatic carbocycles. The van der Waals surface area contributed by atoms with Gasteiger partial charge in [0.2, 0.25) is 5.95 Å². The Labute approximate surface area is 102 Å². The van der Waals surface area contributed by atoms with Crippen LogP contribution in [0.5, 0.6) is 0 Å². The molecule has 3 rings (SSSR count). The molecule has 2 atom stereocenters. The minimum atomic E-state index is 0.631. The van der Waals surface area contributed by atoms with E-state index in [2.05, 4.69) is 32.3 Å². The number of nitrogens with zero attached hydrogens (tertiary/aromatic N) is 3. The third-order valence-electron chi connectivity index (χ3n) is 4.14. The van der Waals surface area contributed by atoms with Crippen LogP contribution in [-0.4, -0.2) is 41.4 Å². The molecule has 0 radical (unpaired) electrons. The van der Waals surface area contributed by atoms with Crippen LogP contribution < -0.4 is 10.2 Å². The zero-order valence-electron chi connectivity index (χ0n) is 10.6. The lowest BCUT2D eigenvalue weighted by Gasteiger charge is -2.30. The van der Waals surface area contributed by atoms with E-state index in [-0.39, 0.29) is 0 Å². The number of hydrogen-bond acceptors (Lipinski definition) is 4. The van der Waals surface area contributed by atoms with Gasteiger partial charge in [0, 0.05) is 25.0 Å². The highest BCUT2D eigenvalue weighted by molar-refractivity contribution is 5.31. The maximum atomic E-state index is 4.64. The van der Waals surface area contributed by atoms with E-state index < -0.39 is 0 Å². The van der Waals surface area contributed by atoms with Gasteiger partial charge >= 0.3 is 0 Å². The maximum Gasteiger partial charge on any atom is 0.244 e. The minimum Gasteiger partial charge on any atom is -0.339 e. The van der Waals surface area contributed by atoms with Crippen molar-refractivity contribution in [3.05, 3.63) is 5.82 Å². The summed E-state index contributed by atoms with van der Waals surface area (Å²) in [5.74, 6) is 3.40. The molecule has 1 aromatic heterocycles. The van der Waals surface area contributed by atoms with Gasteiger partial charge < -0.3 is 10.2 Å². The van der Waals surface area contributed by atoms with E-state index >= 15 is 0 Å². The minimum absolute atomic E-state index is 0.631. The van der Waals surface area contributed by atoms with Crippen molar-refractivity contribution in [1.29, 1.82) is 0 Å². The molecule has 2 unspecified atom stereocenters. The molecule has 2 heterocycles. The number of aromatic amines is 1. The van der Waals surface area contributed by atoms with Crippen LogP contribution in [0.3, 0.4) is 0 Å². The highest BCUT2D eigenvalue weighted by atomic mass is 15.4. The lowest BCUT2D eigenvalue weighted by molar-refractivity contribution is 0.439. The van der Waals surface area contributed by atoms with E-state index in [0.717, 1.165) is 30.8 Å². The molecule has 0 bridgehead atoms. The van der Waals surface area contributed by atoms with Crippen LogP contribution in [0.15, 0.2) is 0 Å². The fourth-order valence-corrected chi connectivity index (χ4v) is 2.64. The van der Waals surface area contributed by atoms with Crippen molar-refractivity contribution in [3.8, 4) is 0 Å². The van der Waals surface area contributed by atoms with E-state index in [1.807, 2.05) is 7.05 Å². The van der Waals surface area contributed by atoms with Crippen LogP contribution in [-0.2, 0) is 0 Å². The molecule has 17 heavy (non-hydrogen) atoms. The Morgan fingerprint density at radius 2 is 2.06 bits per heavy atom. The molecule has 1 aliphatic carbocycles. The number of aromatic nitrogens is 3. The van der Waals surface area contributed by atoms with E-state index in [1.54, 1.807) is 0 Å². The van der Waals surface area contributed by atoms with Gasteiger partial charge in [-0.2, -0.15) is 4.98 Å². The van der Waals surface area contributed by atoms with Crippen LogP contribution >= 0.6 is 0 Å². The number of nitrogens with one attached hydrogen (secondary N) is 2. The van der Waals surface area contributed by atoms with Gasteiger partial charge in [-0.3, -0.25) is 5.10 Å². The second-order valence-corrected chi connectivity index (χ2v) is 5.39. The summed E-state index contributed by atoms with van der Waals surface area (Å²) in [5.41, 5.74) is 0. The molecular weight excluding hydrogens is 214 g/mol. The van der Waals surface area contributed by atoms with Crippen molar-refractivity contribution in [1.82, 2.24) is 20.5 Å². The largest absolute Gasteiger partial charge is 0.339 e. The predicted octanol–water partition coefficient (Wildman–Crippen LogP) is 1.12. The summed E-state index contributed by atoms with van der Waals surface area (Å²) in [4.78, 5) is 6.93. The van der Waals surface area contributed by atoms with Crippen molar-refractivity contribution in [3.63, 3.8) is 0 Å². The lowest BCUT2D eigenvalue weighted by Crippen LogP contribution is -2.41. The number of rotatable bonds is 3. The Bertz CT molecular complexity index is 380. The molecule has 1 aliphatic heterocycles. The molecular formula is C12H21N5. The smallest absolute Gasteiger partial charge is 0.244 e. The quantitative estimate of drug-likeness (QED) is 0.824. The first-order valence-corrected chi connectivity index (χ1v) is 6.62. The Morgan fingerprint density at radius 3 is 2.65 bits per heavy atom. The van der Waals surface area contributed by atoms with Gasteiger partial charge in [0.15, 0.2) is 0 Å². The molecule has 5 nitrogen and oxygen atoms in total. The zero-order valence-corrected chi connectivity index (χ0v) is 10.6. The van der Waals surface area contributed by atoms with Crippen LogP contribution in [0.4, 0.5) is 5.95 Å². The highest BCUT2D eigenvalue weighted by Crippen LogP contribution is 2.45. The summed E-state index contributed by atoms with van der Waals surface area (Å²) in [5, 5.41) is 10.8. The van der Waals surface area contributed by atoms with E-state index in [4.69, 9.17) is 0 Å². The molecule has 1 aromatic rings. The normalized spacial score (nSPS) is 29.6.